The Morgan fingerprint density at radius 2 is 2.30 bits per heavy atom. The average Bonchev–Trinajstić information content (AvgIpc) is 1.95. The van der Waals surface area contributed by atoms with Gasteiger partial charge in [0, 0.05) is 5.69 Å². The Morgan fingerprint density at radius 1 is 1.60 bits per heavy atom. The van der Waals surface area contributed by atoms with Crippen LogP contribution >= 0.6 is 15.9 Å². The lowest BCUT2D eigenvalue weighted by molar-refractivity contribution is 0.276. The van der Waals surface area contributed by atoms with Gasteiger partial charge in [-0.25, -0.2) is 0 Å². The molecule has 0 aliphatic rings. The highest BCUT2D eigenvalue weighted by Crippen LogP contribution is 2.01. The molecular weight excluding hydrogens is 198 g/mol. The van der Waals surface area contributed by atoms with Crippen molar-refractivity contribution in [3.63, 3.8) is 0 Å². The van der Waals surface area contributed by atoms with Gasteiger partial charge in [0.1, 0.15) is 0 Å². The third-order valence-electron chi connectivity index (χ3n) is 1.09. The number of hydrogen-bond donors (Lipinski definition) is 2. The monoisotopic (exact) mass is 203 g/mol. The highest BCUT2D eigenvalue weighted by Gasteiger charge is 1.94. The fraction of sp³-hybridized carbons (Fsp3) is 0.167. The lowest BCUT2D eigenvalue weighted by Gasteiger charge is -1.93. The quantitative estimate of drug-likeness (QED) is 0.704. The zero-order valence-electron chi connectivity index (χ0n) is 5.10. The van der Waals surface area contributed by atoms with E-state index in [1.165, 1.54) is 0 Å². The minimum Gasteiger partial charge on any atom is -0.390 e. The van der Waals surface area contributed by atoms with E-state index in [0.717, 1.165) is 0 Å². The Morgan fingerprint density at radius 3 is 2.80 bits per heavy atom. The Balaban J connectivity index is 3.17. The molecule has 0 saturated heterocycles. The minimum atomic E-state index is -0.216. The molecule has 10 heavy (non-hydrogen) atoms. The molecule has 0 aliphatic heterocycles. The number of aliphatic hydroxyl groups excluding tert-OH is 1. The maximum atomic E-state index is 10.8. The van der Waals surface area contributed by atoms with E-state index >= 15 is 0 Å². The van der Waals surface area contributed by atoms with Crippen LogP contribution in [0.4, 0.5) is 0 Å². The third-order valence-corrected chi connectivity index (χ3v) is 1.72. The summed E-state index contributed by atoms with van der Waals surface area (Å²) < 4.78 is 0.477. The van der Waals surface area contributed by atoms with Gasteiger partial charge in [-0.3, -0.25) is 4.79 Å². The van der Waals surface area contributed by atoms with E-state index in [2.05, 4.69) is 20.9 Å². The third kappa shape index (κ3) is 1.46. The summed E-state index contributed by atoms with van der Waals surface area (Å²) in [5.41, 5.74) is 0.305. The number of nitrogens with one attached hydrogen (secondary N) is 1. The van der Waals surface area contributed by atoms with Gasteiger partial charge in [-0.05, 0) is 28.1 Å². The van der Waals surface area contributed by atoms with Gasteiger partial charge in [-0.1, -0.05) is 0 Å². The van der Waals surface area contributed by atoms with Gasteiger partial charge >= 0.3 is 0 Å². The van der Waals surface area contributed by atoms with E-state index in [1.807, 2.05) is 0 Å². The molecule has 0 aromatic carbocycles. The molecule has 0 unspecified atom stereocenters. The molecule has 4 heteroatoms. The Labute approximate surface area is 65.8 Å². The molecule has 0 atom stereocenters. The summed E-state index contributed by atoms with van der Waals surface area (Å²) in [6.45, 7) is -0.136. The normalized spacial score (nSPS) is 9.80. The van der Waals surface area contributed by atoms with Crippen LogP contribution in [0.3, 0.4) is 0 Å². The molecule has 0 bridgehead atoms. The predicted molar refractivity (Wildman–Crippen MR) is 40.7 cm³/mol. The van der Waals surface area contributed by atoms with Gasteiger partial charge in [0.2, 0.25) is 0 Å². The second-order valence-electron chi connectivity index (χ2n) is 1.82. The zero-order chi connectivity index (χ0) is 7.56. The molecular formula is C6H6BrNO2. The number of hydrogen-bond acceptors (Lipinski definition) is 2. The van der Waals surface area contributed by atoms with Crippen LogP contribution in [0.1, 0.15) is 5.69 Å². The number of halogens is 1. The van der Waals surface area contributed by atoms with E-state index in [0.29, 0.717) is 10.2 Å². The largest absolute Gasteiger partial charge is 0.390 e. The first kappa shape index (κ1) is 7.50. The van der Waals surface area contributed by atoms with Gasteiger partial charge in [-0.15, -0.1) is 0 Å². The SMILES string of the molecule is O=c1[nH]c(CO)ccc1Br. The topological polar surface area (TPSA) is 53.1 Å². The van der Waals surface area contributed by atoms with Crippen molar-refractivity contribution < 1.29 is 5.11 Å². The average molecular weight is 204 g/mol. The second-order valence-corrected chi connectivity index (χ2v) is 2.67. The van der Waals surface area contributed by atoms with Crippen LogP contribution in [-0.4, -0.2) is 10.1 Å². The first-order chi connectivity index (χ1) is 4.74. The molecule has 0 aliphatic carbocycles. The zero-order valence-corrected chi connectivity index (χ0v) is 6.68. The molecule has 54 valence electrons. The summed E-state index contributed by atoms with van der Waals surface area (Å²) in [6, 6.07) is 3.25. The van der Waals surface area contributed by atoms with Crippen molar-refractivity contribution in [2.45, 2.75) is 6.61 Å². The summed E-state index contributed by atoms with van der Waals surface area (Å²) in [5, 5.41) is 8.57. The summed E-state index contributed by atoms with van der Waals surface area (Å²) in [4.78, 5) is 13.3. The highest BCUT2D eigenvalue weighted by atomic mass is 79.9. The Kier molecular flexibility index (Phi) is 2.24. The van der Waals surface area contributed by atoms with E-state index in [-0.39, 0.29) is 12.2 Å². The van der Waals surface area contributed by atoms with Crippen molar-refractivity contribution in [3.05, 3.63) is 32.7 Å². The van der Waals surface area contributed by atoms with Crippen LogP contribution in [0.2, 0.25) is 0 Å². The molecule has 0 saturated carbocycles. The van der Waals surface area contributed by atoms with Crippen molar-refractivity contribution in [1.82, 2.24) is 4.98 Å². The molecule has 3 nitrogen and oxygen atoms in total. The number of H-pyrrole nitrogens is 1. The minimum absolute atomic E-state index is 0.136. The summed E-state index contributed by atoms with van der Waals surface area (Å²) in [7, 11) is 0. The van der Waals surface area contributed by atoms with Crippen LogP contribution in [0.5, 0.6) is 0 Å². The second kappa shape index (κ2) is 2.98. The predicted octanol–water partition coefficient (Wildman–Crippen LogP) is 0.630. The van der Waals surface area contributed by atoms with Gasteiger partial charge in [-0.2, -0.15) is 0 Å². The van der Waals surface area contributed by atoms with Gasteiger partial charge in [0.15, 0.2) is 0 Å². The molecule has 2 N–H and O–H groups in total. The first-order valence-electron chi connectivity index (χ1n) is 2.72. The smallest absolute Gasteiger partial charge is 0.262 e. The van der Waals surface area contributed by atoms with Crippen LogP contribution in [0.15, 0.2) is 21.4 Å². The summed E-state index contributed by atoms with van der Waals surface area (Å²) >= 11 is 3.03. The lowest BCUT2D eigenvalue weighted by atomic mass is 10.4. The molecule has 0 amide bonds. The van der Waals surface area contributed by atoms with Crippen LogP contribution in [0, 0.1) is 0 Å². The first-order valence-corrected chi connectivity index (χ1v) is 3.52. The van der Waals surface area contributed by atoms with Crippen LogP contribution in [-0.2, 0) is 6.61 Å². The fourth-order valence-electron chi connectivity index (χ4n) is 0.589. The molecule has 1 aromatic heterocycles. The van der Waals surface area contributed by atoms with Crippen molar-refractivity contribution in [1.29, 1.82) is 0 Å². The standard InChI is InChI=1S/C6H6BrNO2/c7-5-2-1-4(3-9)8-6(5)10/h1-2,9H,3H2,(H,8,10). The number of aromatic nitrogens is 1. The van der Waals surface area contributed by atoms with E-state index in [9.17, 15) is 4.79 Å². The number of rotatable bonds is 1. The molecule has 1 rings (SSSR count). The van der Waals surface area contributed by atoms with Gasteiger partial charge in [0.05, 0.1) is 11.1 Å². The Bertz CT molecular complexity index is 281. The number of aromatic amines is 1. The van der Waals surface area contributed by atoms with E-state index in [4.69, 9.17) is 5.11 Å². The molecule has 0 fully saturated rings. The van der Waals surface area contributed by atoms with Crippen LogP contribution < -0.4 is 5.56 Å². The molecule has 0 radical (unpaired) electrons. The van der Waals surface area contributed by atoms with Crippen molar-refractivity contribution in [2.24, 2.45) is 0 Å². The molecule has 1 aromatic rings. The van der Waals surface area contributed by atoms with Crippen molar-refractivity contribution in [3.8, 4) is 0 Å². The Hall–Kier alpha value is -0.610. The molecule has 0 spiro atoms. The van der Waals surface area contributed by atoms with Crippen LogP contribution in [0.25, 0.3) is 0 Å². The summed E-state index contributed by atoms with van der Waals surface area (Å²) in [6.07, 6.45) is 0. The lowest BCUT2D eigenvalue weighted by Crippen LogP contribution is -2.08. The number of pyridine rings is 1. The van der Waals surface area contributed by atoms with E-state index in [1.54, 1.807) is 12.1 Å². The van der Waals surface area contributed by atoms with Gasteiger partial charge < -0.3 is 10.1 Å². The van der Waals surface area contributed by atoms with Crippen molar-refractivity contribution in [2.75, 3.05) is 0 Å². The van der Waals surface area contributed by atoms with Crippen molar-refractivity contribution >= 4 is 15.9 Å². The van der Waals surface area contributed by atoms with Gasteiger partial charge in [0.25, 0.3) is 5.56 Å². The summed E-state index contributed by atoms with van der Waals surface area (Å²) in [5.74, 6) is 0. The number of aliphatic hydroxyl groups is 1. The molecule has 1 heterocycles. The maximum Gasteiger partial charge on any atom is 0.262 e. The highest BCUT2D eigenvalue weighted by molar-refractivity contribution is 9.10. The van der Waals surface area contributed by atoms with E-state index < -0.39 is 0 Å². The fourth-order valence-corrected chi connectivity index (χ4v) is 0.820. The maximum absolute atomic E-state index is 10.8.